The number of nitrogens with zero attached hydrogens (tertiary/aromatic N) is 2. The quantitative estimate of drug-likeness (QED) is 0.429. The molecule has 0 saturated heterocycles. The Hall–Kier alpha value is -3.53. The van der Waals surface area contributed by atoms with Crippen molar-refractivity contribution < 1.29 is 24.5 Å². The van der Waals surface area contributed by atoms with Gasteiger partial charge in [-0.25, -0.2) is 0 Å². The standard InChI is InChI=1S/C16H15N3O7/c17-15(7-10-1-3-14(20)4-2-10)16(21)26-9-11-5-12(18(22)23)8-13(6-11)19(24)25/h1-6,8,15,20H,7,9,17H2/t15-/m0/s1. The molecule has 0 aliphatic heterocycles. The van der Waals surface area contributed by atoms with Crippen LogP contribution in [0.1, 0.15) is 11.1 Å². The van der Waals surface area contributed by atoms with E-state index in [1.807, 2.05) is 0 Å². The van der Waals surface area contributed by atoms with Gasteiger partial charge in [0.2, 0.25) is 0 Å². The fourth-order valence-corrected chi connectivity index (χ4v) is 2.18. The second kappa shape index (κ2) is 8.03. The number of rotatable bonds is 7. The van der Waals surface area contributed by atoms with Crippen LogP contribution < -0.4 is 5.73 Å². The lowest BCUT2D eigenvalue weighted by Gasteiger charge is -2.12. The average Bonchev–Trinajstić information content (AvgIpc) is 2.61. The molecule has 0 fully saturated rings. The molecular weight excluding hydrogens is 346 g/mol. The van der Waals surface area contributed by atoms with Gasteiger partial charge in [0.05, 0.1) is 15.9 Å². The molecule has 1 atom stereocenters. The van der Waals surface area contributed by atoms with Crippen molar-refractivity contribution in [2.24, 2.45) is 5.73 Å². The highest BCUT2D eigenvalue weighted by molar-refractivity contribution is 5.76. The lowest BCUT2D eigenvalue weighted by Crippen LogP contribution is -2.34. The smallest absolute Gasteiger partial charge is 0.323 e. The van der Waals surface area contributed by atoms with Gasteiger partial charge in [0, 0.05) is 17.7 Å². The van der Waals surface area contributed by atoms with Gasteiger partial charge in [0.25, 0.3) is 11.4 Å². The Kier molecular flexibility index (Phi) is 5.81. The van der Waals surface area contributed by atoms with Gasteiger partial charge in [0.1, 0.15) is 18.4 Å². The zero-order valence-electron chi connectivity index (χ0n) is 13.4. The fourth-order valence-electron chi connectivity index (χ4n) is 2.18. The lowest BCUT2D eigenvalue weighted by atomic mass is 10.1. The normalized spacial score (nSPS) is 11.6. The fraction of sp³-hybridized carbons (Fsp3) is 0.188. The summed E-state index contributed by atoms with van der Waals surface area (Å²) in [5.74, 6) is -0.676. The molecule has 2 aromatic rings. The monoisotopic (exact) mass is 361 g/mol. The van der Waals surface area contributed by atoms with Gasteiger partial charge in [-0.3, -0.25) is 25.0 Å². The summed E-state index contributed by atoms with van der Waals surface area (Å²) in [6.45, 7) is -0.384. The molecule has 0 radical (unpaired) electrons. The Labute approximate surface area is 147 Å². The van der Waals surface area contributed by atoms with Gasteiger partial charge in [-0.15, -0.1) is 0 Å². The first kappa shape index (κ1) is 18.8. The maximum absolute atomic E-state index is 12.0. The summed E-state index contributed by atoms with van der Waals surface area (Å²) >= 11 is 0. The maximum atomic E-state index is 12.0. The van der Waals surface area contributed by atoms with Crippen molar-refractivity contribution in [3.8, 4) is 5.75 Å². The van der Waals surface area contributed by atoms with Gasteiger partial charge in [-0.05, 0) is 24.1 Å². The molecule has 0 amide bonds. The first-order valence-electron chi connectivity index (χ1n) is 7.39. The van der Waals surface area contributed by atoms with E-state index in [2.05, 4.69) is 0 Å². The molecule has 0 bridgehead atoms. The van der Waals surface area contributed by atoms with Crippen LogP contribution in [0.4, 0.5) is 11.4 Å². The van der Waals surface area contributed by atoms with E-state index in [9.17, 15) is 30.1 Å². The van der Waals surface area contributed by atoms with E-state index in [0.29, 0.717) is 5.56 Å². The molecule has 10 nitrogen and oxygen atoms in total. The summed E-state index contributed by atoms with van der Waals surface area (Å²) in [6, 6.07) is 8.12. The number of ether oxygens (including phenoxy) is 1. The van der Waals surface area contributed by atoms with E-state index in [1.54, 1.807) is 12.1 Å². The molecule has 26 heavy (non-hydrogen) atoms. The summed E-state index contributed by atoms with van der Waals surface area (Å²) in [7, 11) is 0. The van der Waals surface area contributed by atoms with Crippen molar-refractivity contribution in [2.75, 3.05) is 0 Å². The molecule has 10 heteroatoms. The highest BCUT2D eigenvalue weighted by Gasteiger charge is 2.19. The third-order valence-electron chi connectivity index (χ3n) is 3.46. The van der Waals surface area contributed by atoms with Gasteiger partial charge in [0.15, 0.2) is 0 Å². The molecule has 2 aromatic carbocycles. The number of phenols is 1. The van der Waals surface area contributed by atoms with Crippen LogP contribution in [-0.4, -0.2) is 27.0 Å². The van der Waals surface area contributed by atoms with E-state index in [0.717, 1.165) is 18.2 Å². The number of non-ortho nitro benzene ring substituents is 2. The van der Waals surface area contributed by atoms with Gasteiger partial charge in [-0.1, -0.05) is 12.1 Å². The predicted molar refractivity (Wildman–Crippen MR) is 89.3 cm³/mol. The first-order chi connectivity index (χ1) is 12.3. The van der Waals surface area contributed by atoms with Crippen LogP contribution in [0, 0.1) is 20.2 Å². The van der Waals surface area contributed by atoms with Crippen LogP contribution in [0.3, 0.4) is 0 Å². The van der Waals surface area contributed by atoms with Crippen LogP contribution in [-0.2, 0) is 22.6 Å². The Morgan fingerprint density at radius 3 is 2.08 bits per heavy atom. The molecule has 3 N–H and O–H groups in total. The second-order valence-corrected chi connectivity index (χ2v) is 5.46. The van der Waals surface area contributed by atoms with Gasteiger partial charge >= 0.3 is 5.97 Å². The summed E-state index contributed by atoms with van der Waals surface area (Å²) in [4.78, 5) is 32.1. The van der Waals surface area contributed by atoms with Crippen molar-refractivity contribution in [1.82, 2.24) is 0 Å². The van der Waals surface area contributed by atoms with E-state index in [1.165, 1.54) is 12.1 Å². The first-order valence-corrected chi connectivity index (χ1v) is 7.39. The van der Waals surface area contributed by atoms with E-state index in [4.69, 9.17) is 10.5 Å². The Bertz CT molecular complexity index is 804. The number of phenolic OH excluding ortho intramolecular Hbond substituents is 1. The van der Waals surface area contributed by atoms with E-state index < -0.39 is 33.2 Å². The van der Waals surface area contributed by atoms with Crippen LogP contribution in [0.2, 0.25) is 0 Å². The summed E-state index contributed by atoms with van der Waals surface area (Å²) in [5.41, 5.74) is 5.62. The number of benzene rings is 2. The number of hydrogen-bond donors (Lipinski definition) is 2. The zero-order valence-corrected chi connectivity index (χ0v) is 13.4. The molecule has 0 heterocycles. The lowest BCUT2D eigenvalue weighted by molar-refractivity contribution is -0.394. The molecule has 2 rings (SSSR count). The number of nitrogens with two attached hydrogens (primary N) is 1. The summed E-state index contributed by atoms with van der Waals surface area (Å²) < 4.78 is 5.00. The molecule has 0 spiro atoms. The number of nitro benzene ring substituents is 2. The van der Waals surface area contributed by atoms with Crippen LogP contribution >= 0.6 is 0 Å². The molecule has 0 saturated carbocycles. The minimum absolute atomic E-state index is 0.0807. The number of aromatic hydroxyl groups is 1. The SMILES string of the molecule is N[C@@H](Cc1ccc(O)cc1)C(=O)OCc1cc([N+](=O)[O-])cc([N+](=O)[O-])c1. The predicted octanol–water partition coefficient (Wildman–Crippen LogP) is 1.82. The number of carbonyl (C=O) groups excluding carboxylic acids is 1. The van der Waals surface area contributed by atoms with Crippen LogP contribution in [0.15, 0.2) is 42.5 Å². The number of nitro groups is 2. The van der Waals surface area contributed by atoms with Crippen molar-refractivity contribution in [1.29, 1.82) is 0 Å². The highest BCUT2D eigenvalue weighted by Crippen LogP contribution is 2.23. The maximum Gasteiger partial charge on any atom is 0.323 e. The Morgan fingerprint density at radius 1 is 1.04 bits per heavy atom. The Balaban J connectivity index is 2.02. The van der Waals surface area contributed by atoms with Gasteiger partial charge in [-0.2, -0.15) is 0 Å². The van der Waals surface area contributed by atoms with Crippen molar-refractivity contribution >= 4 is 17.3 Å². The molecular formula is C16H15N3O7. The molecule has 0 unspecified atom stereocenters. The minimum Gasteiger partial charge on any atom is -0.508 e. The minimum atomic E-state index is -0.992. The number of esters is 1. The van der Waals surface area contributed by atoms with Crippen LogP contribution in [0.5, 0.6) is 5.75 Å². The third-order valence-corrected chi connectivity index (χ3v) is 3.46. The molecule has 136 valence electrons. The van der Waals surface area contributed by atoms with Crippen LogP contribution in [0.25, 0.3) is 0 Å². The average molecular weight is 361 g/mol. The van der Waals surface area contributed by atoms with E-state index in [-0.39, 0.29) is 24.3 Å². The molecule has 0 aliphatic rings. The largest absolute Gasteiger partial charge is 0.508 e. The van der Waals surface area contributed by atoms with Crippen molar-refractivity contribution in [3.63, 3.8) is 0 Å². The molecule has 0 aromatic heterocycles. The van der Waals surface area contributed by atoms with E-state index >= 15 is 0 Å². The second-order valence-electron chi connectivity index (χ2n) is 5.46. The highest BCUT2D eigenvalue weighted by atomic mass is 16.6. The third kappa shape index (κ3) is 4.98. The van der Waals surface area contributed by atoms with Crippen molar-refractivity contribution in [2.45, 2.75) is 19.1 Å². The number of hydrogen-bond acceptors (Lipinski definition) is 8. The summed E-state index contributed by atoms with van der Waals surface area (Å²) in [6.07, 6.45) is 0.161. The topological polar surface area (TPSA) is 159 Å². The molecule has 0 aliphatic carbocycles. The zero-order chi connectivity index (χ0) is 19.3. The number of carbonyl (C=O) groups is 1. The van der Waals surface area contributed by atoms with Crippen molar-refractivity contribution in [3.05, 3.63) is 73.8 Å². The van der Waals surface area contributed by atoms with Gasteiger partial charge < -0.3 is 15.6 Å². The Morgan fingerprint density at radius 2 is 1.58 bits per heavy atom. The summed E-state index contributed by atoms with van der Waals surface area (Å²) in [5, 5.41) is 30.9.